The van der Waals surface area contributed by atoms with Crippen LogP contribution in [0.5, 0.6) is 0 Å². The van der Waals surface area contributed by atoms with Gasteiger partial charge in [-0.05, 0) is 37.3 Å². The van der Waals surface area contributed by atoms with Crippen LogP contribution in [0.3, 0.4) is 0 Å². The lowest BCUT2D eigenvalue weighted by molar-refractivity contribution is 0.890. The molecule has 2 rings (SSSR count). The Morgan fingerprint density at radius 3 is 2.31 bits per heavy atom. The minimum atomic E-state index is 1.17. The van der Waals surface area contributed by atoms with E-state index in [0.29, 0.717) is 0 Å². The molecule has 0 nitrogen and oxygen atoms in total. The molecule has 0 aliphatic heterocycles. The van der Waals surface area contributed by atoms with Gasteiger partial charge in [0.25, 0.3) is 0 Å². The monoisotopic (exact) mass is 172 g/mol. The first-order valence-electron chi connectivity index (χ1n) is 5.05. The van der Waals surface area contributed by atoms with Crippen LogP contribution in [0.1, 0.15) is 31.4 Å². The standard InChI is InChI=1S/C13H16/c1-3-11-9-13-7-5-4-6-12(13)8-10(11)2/h4-7H,3,8-9H2,1-2H3. The van der Waals surface area contributed by atoms with Crippen molar-refractivity contribution in [3.63, 3.8) is 0 Å². The zero-order valence-corrected chi connectivity index (χ0v) is 8.43. The largest absolute Gasteiger partial charge is 0.0694 e. The SMILES string of the molecule is CCC1=C(C)Cc2ccccc2C1. The highest BCUT2D eigenvalue weighted by molar-refractivity contribution is 5.39. The van der Waals surface area contributed by atoms with Crippen molar-refractivity contribution in [1.82, 2.24) is 0 Å². The predicted molar refractivity (Wildman–Crippen MR) is 56.8 cm³/mol. The summed E-state index contributed by atoms with van der Waals surface area (Å²) in [6.45, 7) is 4.53. The van der Waals surface area contributed by atoms with E-state index in [9.17, 15) is 0 Å². The van der Waals surface area contributed by atoms with E-state index in [2.05, 4.69) is 38.1 Å². The molecule has 0 heterocycles. The predicted octanol–water partition coefficient (Wildman–Crippen LogP) is 3.51. The molecule has 1 aliphatic carbocycles. The number of allylic oxidation sites excluding steroid dienone is 2. The van der Waals surface area contributed by atoms with E-state index in [1.807, 2.05) is 0 Å². The van der Waals surface area contributed by atoms with E-state index >= 15 is 0 Å². The molecule has 0 aromatic heterocycles. The highest BCUT2D eigenvalue weighted by atomic mass is 14.2. The van der Waals surface area contributed by atoms with Crippen LogP contribution in [0.2, 0.25) is 0 Å². The summed E-state index contributed by atoms with van der Waals surface area (Å²) in [5.74, 6) is 0. The molecule has 0 spiro atoms. The van der Waals surface area contributed by atoms with Crippen molar-refractivity contribution in [2.75, 3.05) is 0 Å². The molecular formula is C13H16. The van der Waals surface area contributed by atoms with Gasteiger partial charge >= 0.3 is 0 Å². The first-order chi connectivity index (χ1) is 6.31. The summed E-state index contributed by atoms with van der Waals surface area (Å²) in [5, 5.41) is 0. The van der Waals surface area contributed by atoms with E-state index in [1.54, 1.807) is 11.1 Å². The Balaban J connectivity index is 2.37. The van der Waals surface area contributed by atoms with Gasteiger partial charge in [-0.2, -0.15) is 0 Å². The Morgan fingerprint density at radius 1 is 1.08 bits per heavy atom. The summed E-state index contributed by atoms with van der Waals surface area (Å²) < 4.78 is 0. The summed E-state index contributed by atoms with van der Waals surface area (Å²) in [5.41, 5.74) is 6.28. The maximum atomic E-state index is 2.27. The lowest BCUT2D eigenvalue weighted by atomic mass is 9.86. The molecule has 1 aliphatic rings. The second-order valence-electron chi connectivity index (χ2n) is 3.86. The minimum absolute atomic E-state index is 1.17. The van der Waals surface area contributed by atoms with E-state index < -0.39 is 0 Å². The van der Waals surface area contributed by atoms with Gasteiger partial charge in [0.1, 0.15) is 0 Å². The van der Waals surface area contributed by atoms with Gasteiger partial charge in [-0.3, -0.25) is 0 Å². The third-order valence-corrected chi connectivity index (χ3v) is 3.01. The van der Waals surface area contributed by atoms with E-state index in [-0.39, 0.29) is 0 Å². The van der Waals surface area contributed by atoms with Crippen LogP contribution in [0.4, 0.5) is 0 Å². The molecule has 0 N–H and O–H groups in total. The Morgan fingerprint density at radius 2 is 1.69 bits per heavy atom. The number of benzene rings is 1. The Bertz CT molecular complexity index is 345. The van der Waals surface area contributed by atoms with E-state index in [1.165, 1.54) is 30.4 Å². The van der Waals surface area contributed by atoms with Crippen LogP contribution >= 0.6 is 0 Å². The van der Waals surface area contributed by atoms with Gasteiger partial charge < -0.3 is 0 Å². The Labute approximate surface area is 80.3 Å². The van der Waals surface area contributed by atoms with Crippen molar-refractivity contribution < 1.29 is 0 Å². The van der Waals surface area contributed by atoms with Crippen molar-refractivity contribution >= 4 is 0 Å². The lowest BCUT2D eigenvalue weighted by Gasteiger charge is -2.20. The van der Waals surface area contributed by atoms with E-state index in [4.69, 9.17) is 0 Å². The average Bonchev–Trinajstić information content (AvgIpc) is 2.17. The molecule has 0 radical (unpaired) electrons. The van der Waals surface area contributed by atoms with E-state index in [0.717, 1.165) is 0 Å². The van der Waals surface area contributed by atoms with Crippen molar-refractivity contribution in [3.8, 4) is 0 Å². The minimum Gasteiger partial charge on any atom is -0.0694 e. The molecule has 68 valence electrons. The molecule has 13 heavy (non-hydrogen) atoms. The maximum Gasteiger partial charge on any atom is -0.00617 e. The van der Waals surface area contributed by atoms with Crippen LogP contribution < -0.4 is 0 Å². The van der Waals surface area contributed by atoms with Gasteiger partial charge in [-0.1, -0.05) is 42.3 Å². The Hall–Kier alpha value is -1.04. The molecule has 0 amide bonds. The average molecular weight is 172 g/mol. The second-order valence-corrected chi connectivity index (χ2v) is 3.86. The van der Waals surface area contributed by atoms with Crippen molar-refractivity contribution in [3.05, 3.63) is 46.5 Å². The summed E-state index contributed by atoms with van der Waals surface area (Å²) in [6, 6.07) is 8.80. The fraction of sp³-hybridized carbons (Fsp3) is 0.385. The molecular weight excluding hydrogens is 156 g/mol. The van der Waals surface area contributed by atoms with Crippen LogP contribution in [0.15, 0.2) is 35.4 Å². The van der Waals surface area contributed by atoms with Gasteiger partial charge in [-0.15, -0.1) is 0 Å². The number of rotatable bonds is 1. The molecule has 0 atom stereocenters. The molecule has 0 fully saturated rings. The fourth-order valence-electron chi connectivity index (χ4n) is 2.12. The maximum absolute atomic E-state index is 2.27. The van der Waals surface area contributed by atoms with Crippen molar-refractivity contribution in [2.45, 2.75) is 33.1 Å². The quantitative estimate of drug-likeness (QED) is 0.569. The highest BCUT2D eigenvalue weighted by Gasteiger charge is 2.12. The number of fused-ring (bicyclic) bond motifs is 1. The fourth-order valence-corrected chi connectivity index (χ4v) is 2.12. The molecule has 0 saturated heterocycles. The smallest absolute Gasteiger partial charge is 0.00617 e. The number of hydrogen-bond donors (Lipinski definition) is 0. The third kappa shape index (κ3) is 1.53. The molecule has 0 heteroatoms. The summed E-state index contributed by atoms with van der Waals surface area (Å²) in [7, 11) is 0. The van der Waals surface area contributed by atoms with Crippen LogP contribution in [-0.2, 0) is 12.8 Å². The summed E-state index contributed by atoms with van der Waals surface area (Å²) in [4.78, 5) is 0. The zero-order chi connectivity index (χ0) is 9.26. The Kier molecular flexibility index (Phi) is 2.22. The van der Waals surface area contributed by atoms with Gasteiger partial charge in [-0.25, -0.2) is 0 Å². The second kappa shape index (κ2) is 3.37. The van der Waals surface area contributed by atoms with Crippen LogP contribution in [-0.4, -0.2) is 0 Å². The van der Waals surface area contributed by atoms with Gasteiger partial charge in [0, 0.05) is 0 Å². The topological polar surface area (TPSA) is 0 Å². The van der Waals surface area contributed by atoms with Gasteiger partial charge in [0.05, 0.1) is 0 Å². The normalized spacial score (nSPS) is 15.8. The zero-order valence-electron chi connectivity index (χ0n) is 8.43. The summed E-state index contributed by atoms with van der Waals surface area (Å²) >= 11 is 0. The molecule has 1 aromatic rings. The molecule has 1 aromatic carbocycles. The van der Waals surface area contributed by atoms with Crippen LogP contribution in [0, 0.1) is 0 Å². The van der Waals surface area contributed by atoms with Crippen molar-refractivity contribution in [1.29, 1.82) is 0 Å². The molecule has 0 bridgehead atoms. The first kappa shape index (κ1) is 8.55. The van der Waals surface area contributed by atoms with Gasteiger partial charge in [0.15, 0.2) is 0 Å². The van der Waals surface area contributed by atoms with Crippen LogP contribution in [0.25, 0.3) is 0 Å². The molecule has 0 saturated carbocycles. The first-order valence-corrected chi connectivity index (χ1v) is 5.05. The third-order valence-electron chi connectivity index (χ3n) is 3.01. The lowest BCUT2D eigenvalue weighted by Crippen LogP contribution is -2.06. The van der Waals surface area contributed by atoms with Crippen molar-refractivity contribution in [2.24, 2.45) is 0 Å². The van der Waals surface area contributed by atoms with Gasteiger partial charge in [0.2, 0.25) is 0 Å². The highest BCUT2D eigenvalue weighted by Crippen LogP contribution is 2.26. The number of hydrogen-bond acceptors (Lipinski definition) is 0. The molecule has 0 unspecified atom stereocenters. The summed E-state index contributed by atoms with van der Waals surface area (Å²) in [6.07, 6.45) is 3.55.